The molecule has 1 aliphatic heterocycles. The predicted octanol–water partition coefficient (Wildman–Crippen LogP) is 5.92. The Kier molecular flexibility index (Phi) is 5.44. The molecule has 1 aromatic heterocycles. The summed E-state index contributed by atoms with van der Waals surface area (Å²) in [5.41, 5.74) is 4.49. The van der Waals surface area contributed by atoms with E-state index in [4.69, 9.17) is 4.98 Å². The maximum absolute atomic E-state index is 13.9. The zero-order valence-corrected chi connectivity index (χ0v) is 19.0. The minimum absolute atomic E-state index is 0.197. The Balaban J connectivity index is 1.70. The highest BCUT2D eigenvalue weighted by Crippen LogP contribution is 2.41. The van der Waals surface area contributed by atoms with Gasteiger partial charge >= 0.3 is 0 Å². The molecule has 1 saturated carbocycles. The average Bonchev–Trinajstić information content (AvgIpc) is 3.15. The number of halogens is 2. The van der Waals surface area contributed by atoms with E-state index in [1.807, 2.05) is 0 Å². The molecule has 0 radical (unpaired) electrons. The fourth-order valence-corrected chi connectivity index (χ4v) is 5.68. The number of nitrogens with zero attached hydrogens (tertiary/aromatic N) is 3. The molecule has 4 unspecified atom stereocenters. The summed E-state index contributed by atoms with van der Waals surface area (Å²) in [6, 6.07) is 8.17. The second-order valence-corrected chi connectivity index (χ2v) is 9.80. The molecule has 1 fully saturated rings. The monoisotopic (exact) mass is 439 g/mol. The van der Waals surface area contributed by atoms with Crippen LogP contribution >= 0.6 is 0 Å². The Morgan fingerprint density at radius 3 is 2.53 bits per heavy atom. The molecule has 0 bridgehead atoms. The summed E-state index contributed by atoms with van der Waals surface area (Å²) in [6.45, 7) is 4.49. The lowest BCUT2D eigenvalue weighted by Gasteiger charge is -2.34. The second-order valence-electron chi connectivity index (χ2n) is 9.80. The summed E-state index contributed by atoms with van der Waals surface area (Å²) in [6.07, 6.45) is 5.14. The number of aliphatic hydroxyl groups is 1. The van der Waals surface area contributed by atoms with Crippen LogP contribution < -0.4 is 4.90 Å². The third-order valence-electron chi connectivity index (χ3n) is 7.54. The van der Waals surface area contributed by atoms with Crippen LogP contribution in [0.1, 0.15) is 75.0 Å². The Morgan fingerprint density at radius 1 is 1.06 bits per heavy atom. The summed E-state index contributed by atoms with van der Waals surface area (Å²) in [7, 11) is 2.11. The Hall–Kier alpha value is -2.47. The van der Waals surface area contributed by atoms with Gasteiger partial charge in [-0.05, 0) is 68.4 Å². The molecule has 4 nitrogen and oxygen atoms in total. The van der Waals surface area contributed by atoms with Gasteiger partial charge < -0.3 is 14.6 Å². The number of fused-ring (bicyclic) bond motifs is 3. The van der Waals surface area contributed by atoms with Crippen LogP contribution in [-0.4, -0.2) is 27.7 Å². The number of benzene rings is 2. The highest BCUT2D eigenvalue weighted by Gasteiger charge is 2.31. The number of anilines is 1. The molecular weight excluding hydrogens is 408 g/mol. The lowest BCUT2D eigenvalue weighted by molar-refractivity contribution is 0.192. The van der Waals surface area contributed by atoms with Crippen molar-refractivity contribution in [1.29, 1.82) is 0 Å². The Bertz CT molecular complexity index is 1140. The Labute approximate surface area is 187 Å². The van der Waals surface area contributed by atoms with Gasteiger partial charge in [0.1, 0.15) is 23.6 Å². The summed E-state index contributed by atoms with van der Waals surface area (Å²) < 4.78 is 30.0. The molecule has 0 spiro atoms. The largest absolute Gasteiger partial charge is 0.380 e. The lowest BCUT2D eigenvalue weighted by atomic mass is 9.86. The Morgan fingerprint density at radius 2 is 1.81 bits per heavy atom. The van der Waals surface area contributed by atoms with Crippen LogP contribution in [0.2, 0.25) is 0 Å². The van der Waals surface area contributed by atoms with Crippen molar-refractivity contribution in [2.24, 2.45) is 5.92 Å². The van der Waals surface area contributed by atoms with Crippen LogP contribution in [0.15, 0.2) is 30.3 Å². The number of aliphatic hydroxyl groups excluding tert-OH is 1. The molecule has 0 amide bonds. The summed E-state index contributed by atoms with van der Waals surface area (Å²) in [4.78, 5) is 7.25. The van der Waals surface area contributed by atoms with E-state index in [9.17, 15) is 13.9 Å². The van der Waals surface area contributed by atoms with E-state index in [-0.39, 0.29) is 11.6 Å². The number of aromatic nitrogens is 2. The first-order valence-electron chi connectivity index (χ1n) is 11.7. The molecule has 3 aromatic rings. The first-order valence-corrected chi connectivity index (χ1v) is 11.7. The van der Waals surface area contributed by atoms with Gasteiger partial charge in [0.2, 0.25) is 0 Å². The third kappa shape index (κ3) is 3.58. The highest BCUT2D eigenvalue weighted by molar-refractivity contribution is 5.86. The van der Waals surface area contributed by atoms with Gasteiger partial charge in [-0.15, -0.1) is 0 Å². The first-order chi connectivity index (χ1) is 15.3. The number of aryl methyl sites for hydroxylation is 1. The fourth-order valence-electron chi connectivity index (χ4n) is 5.68. The van der Waals surface area contributed by atoms with E-state index in [0.717, 1.165) is 49.2 Å². The van der Waals surface area contributed by atoms with E-state index in [1.54, 1.807) is 0 Å². The topological polar surface area (TPSA) is 41.3 Å². The van der Waals surface area contributed by atoms with E-state index >= 15 is 0 Å². The number of imidazole rings is 1. The molecule has 32 heavy (non-hydrogen) atoms. The van der Waals surface area contributed by atoms with E-state index < -0.39 is 17.7 Å². The lowest BCUT2D eigenvalue weighted by Crippen LogP contribution is -2.33. The molecule has 2 aliphatic rings. The second kappa shape index (κ2) is 8.14. The van der Waals surface area contributed by atoms with E-state index in [1.165, 1.54) is 29.8 Å². The molecule has 6 heteroatoms. The SMILES string of the molecule is CC1CCCC(n2c(C(O)c3cc(F)cc(F)c3)nc3c4c(ccc32)N(C)C(C)CC4)C1. The van der Waals surface area contributed by atoms with Crippen LogP contribution in [-0.2, 0) is 6.42 Å². The maximum Gasteiger partial charge on any atom is 0.143 e. The van der Waals surface area contributed by atoms with Gasteiger partial charge in [0.05, 0.1) is 11.0 Å². The highest BCUT2D eigenvalue weighted by atomic mass is 19.1. The van der Waals surface area contributed by atoms with E-state index in [0.29, 0.717) is 17.8 Å². The van der Waals surface area contributed by atoms with Crippen molar-refractivity contribution < 1.29 is 13.9 Å². The van der Waals surface area contributed by atoms with Crippen LogP contribution in [0.5, 0.6) is 0 Å². The van der Waals surface area contributed by atoms with E-state index in [2.05, 4.69) is 42.5 Å². The van der Waals surface area contributed by atoms with Crippen molar-refractivity contribution in [3.8, 4) is 0 Å². The summed E-state index contributed by atoms with van der Waals surface area (Å²) in [5.74, 6) is -0.312. The van der Waals surface area contributed by atoms with Gasteiger partial charge in [-0.3, -0.25) is 0 Å². The van der Waals surface area contributed by atoms with Crippen LogP contribution in [0.25, 0.3) is 11.0 Å². The van der Waals surface area contributed by atoms with Crippen molar-refractivity contribution in [3.05, 3.63) is 58.9 Å². The molecular formula is C26H31F2N3O. The molecule has 5 rings (SSSR count). The number of hydrogen-bond acceptors (Lipinski definition) is 3. The summed E-state index contributed by atoms with van der Waals surface area (Å²) >= 11 is 0. The van der Waals surface area contributed by atoms with Crippen molar-refractivity contribution in [2.75, 3.05) is 11.9 Å². The minimum Gasteiger partial charge on any atom is -0.380 e. The molecule has 1 aliphatic carbocycles. The smallest absolute Gasteiger partial charge is 0.143 e. The molecule has 2 aromatic carbocycles. The van der Waals surface area contributed by atoms with Gasteiger partial charge in [0, 0.05) is 36.4 Å². The molecule has 0 saturated heterocycles. The molecule has 4 atom stereocenters. The first kappa shape index (κ1) is 21.4. The molecule has 2 heterocycles. The number of rotatable bonds is 3. The van der Waals surface area contributed by atoms with Gasteiger partial charge in [0.15, 0.2) is 0 Å². The van der Waals surface area contributed by atoms with Crippen LogP contribution in [0.4, 0.5) is 14.5 Å². The molecule has 1 N–H and O–H groups in total. The predicted molar refractivity (Wildman–Crippen MR) is 123 cm³/mol. The number of hydrogen-bond donors (Lipinski definition) is 1. The fraction of sp³-hybridized carbons (Fsp3) is 0.500. The van der Waals surface area contributed by atoms with Crippen molar-refractivity contribution in [1.82, 2.24) is 9.55 Å². The van der Waals surface area contributed by atoms with Gasteiger partial charge in [-0.2, -0.15) is 0 Å². The van der Waals surface area contributed by atoms with Crippen LogP contribution in [0.3, 0.4) is 0 Å². The molecule has 170 valence electrons. The zero-order valence-electron chi connectivity index (χ0n) is 19.0. The van der Waals surface area contributed by atoms with Crippen molar-refractivity contribution in [3.63, 3.8) is 0 Å². The van der Waals surface area contributed by atoms with Gasteiger partial charge in [-0.25, -0.2) is 13.8 Å². The summed E-state index contributed by atoms with van der Waals surface area (Å²) in [5, 5.41) is 11.3. The zero-order chi connectivity index (χ0) is 22.6. The normalized spacial score (nSPS) is 24.6. The minimum atomic E-state index is -1.19. The standard InChI is InChI=1S/C26H31F2N3O/c1-15-5-4-6-20(11-15)31-23-10-9-22-21(8-7-16(2)30(22)3)24(23)29-26(31)25(32)17-12-18(27)14-19(28)13-17/h9-10,12-16,20,25,32H,4-8,11H2,1-3H3. The average molecular weight is 440 g/mol. The third-order valence-corrected chi connectivity index (χ3v) is 7.54. The van der Waals surface area contributed by atoms with Gasteiger partial charge in [-0.1, -0.05) is 19.8 Å². The van der Waals surface area contributed by atoms with Crippen molar-refractivity contribution >= 4 is 16.7 Å². The quantitative estimate of drug-likeness (QED) is 0.551. The van der Waals surface area contributed by atoms with Crippen LogP contribution in [0, 0.1) is 17.6 Å². The van der Waals surface area contributed by atoms with Gasteiger partial charge in [0.25, 0.3) is 0 Å². The van der Waals surface area contributed by atoms with Crippen molar-refractivity contribution in [2.45, 2.75) is 70.6 Å². The maximum atomic E-state index is 13.9.